The maximum absolute atomic E-state index is 15.0. The molecule has 1 fully saturated rings. The molecule has 230 valence electrons. The smallest absolute Gasteiger partial charge is 0.267 e. The van der Waals surface area contributed by atoms with E-state index in [1.807, 2.05) is 64.7 Å². The zero-order chi connectivity index (χ0) is 32.0. The fourth-order valence-electron chi connectivity index (χ4n) is 4.30. The lowest BCUT2D eigenvalue weighted by molar-refractivity contribution is -0.0805. The second kappa shape index (κ2) is 18.2. The van der Waals surface area contributed by atoms with Gasteiger partial charge in [0.25, 0.3) is 11.8 Å². The van der Waals surface area contributed by atoms with Crippen LogP contribution >= 0.6 is 31.9 Å². The first-order chi connectivity index (χ1) is 19.7. The molecule has 0 aliphatic carbocycles. The minimum Gasteiger partial charge on any atom is -0.345 e. The van der Waals surface area contributed by atoms with Gasteiger partial charge in [-0.3, -0.25) is 19.7 Å². The number of nitrogens with zero attached hydrogens (tertiary/aromatic N) is 4. The van der Waals surface area contributed by atoms with Gasteiger partial charge in [-0.1, -0.05) is 76.1 Å². The van der Waals surface area contributed by atoms with Crippen LogP contribution in [0.25, 0.3) is 6.08 Å². The number of hydrogen-bond acceptors (Lipinski definition) is 4. The number of carbonyl (C=O) groups is 1. The van der Waals surface area contributed by atoms with E-state index in [2.05, 4.69) is 48.4 Å². The van der Waals surface area contributed by atoms with Crippen molar-refractivity contribution in [3.05, 3.63) is 91.8 Å². The maximum atomic E-state index is 15.0. The first-order valence-electron chi connectivity index (χ1n) is 13.9. The fraction of sp³-hybridized carbons (Fsp3) is 0.424. The van der Waals surface area contributed by atoms with Crippen LogP contribution in [-0.2, 0) is 0 Å². The third-order valence-corrected chi connectivity index (χ3v) is 7.20. The predicted molar refractivity (Wildman–Crippen MR) is 181 cm³/mol. The third kappa shape index (κ3) is 12.4. The van der Waals surface area contributed by atoms with Crippen LogP contribution in [0.3, 0.4) is 0 Å². The molecule has 0 saturated carbocycles. The highest BCUT2D eigenvalue weighted by Gasteiger charge is 2.45. The topological polar surface area (TPSA) is 48.8 Å². The van der Waals surface area contributed by atoms with Crippen LogP contribution in [0, 0.1) is 6.92 Å². The zero-order valence-electron chi connectivity index (χ0n) is 26.0. The van der Waals surface area contributed by atoms with E-state index in [0.717, 1.165) is 31.5 Å². The highest BCUT2D eigenvalue weighted by atomic mass is 79.9. The van der Waals surface area contributed by atoms with E-state index in [1.165, 1.54) is 4.90 Å². The molecule has 1 unspecified atom stereocenters. The summed E-state index contributed by atoms with van der Waals surface area (Å²) in [6.45, 7) is 16.1. The van der Waals surface area contributed by atoms with Crippen LogP contribution in [0.2, 0.25) is 0 Å². The second-order valence-electron chi connectivity index (χ2n) is 10.2. The van der Waals surface area contributed by atoms with Crippen molar-refractivity contribution in [1.29, 1.82) is 0 Å². The summed E-state index contributed by atoms with van der Waals surface area (Å²) < 4.78 is 32.1. The van der Waals surface area contributed by atoms with Gasteiger partial charge >= 0.3 is 0 Å². The number of piperidine rings is 1. The van der Waals surface area contributed by atoms with Crippen molar-refractivity contribution < 1.29 is 13.6 Å². The molecule has 0 N–H and O–H groups in total. The quantitative estimate of drug-likeness (QED) is 0.269. The Kier molecular flexibility index (Phi) is 16.3. The lowest BCUT2D eigenvalue weighted by Crippen LogP contribution is -2.47. The number of likely N-dealkylation sites (tertiary alicyclic amines) is 1. The molecular weight excluding hydrogens is 666 g/mol. The van der Waals surface area contributed by atoms with Gasteiger partial charge in [-0.25, -0.2) is 8.78 Å². The molecule has 0 radical (unpaired) electrons. The van der Waals surface area contributed by atoms with E-state index in [4.69, 9.17) is 0 Å². The number of hydrogen-bond donors (Lipinski definition) is 0. The Morgan fingerprint density at radius 2 is 1.81 bits per heavy atom. The minimum absolute atomic E-state index is 0.133. The molecule has 1 amide bonds. The van der Waals surface area contributed by atoms with E-state index in [9.17, 15) is 4.79 Å². The maximum Gasteiger partial charge on any atom is 0.267 e. The number of rotatable bonds is 7. The number of amides is 1. The van der Waals surface area contributed by atoms with Gasteiger partial charge in [0.05, 0.1) is 12.5 Å². The monoisotopic (exact) mass is 708 g/mol. The van der Waals surface area contributed by atoms with Crippen molar-refractivity contribution in [2.45, 2.75) is 59.8 Å². The molecule has 1 aliphatic rings. The van der Waals surface area contributed by atoms with Gasteiger partial charge < -0.3 is 4.90 Å². The van der Waals surface area contributed by atoms with Crippen LogP contribution in [-0.4, -0.2) is 66.6 Å². The zero-order valence-corrected chi connectivity index (χ0v) is 29.2. The molecule has 9 heteroatoms. The largest absolute Gasteiger partial charge is 0.345 e. The number of aromatic nitrogens is 1. The van der Waals surface area contributed by atoms with Crippen LogP contribution in [0.5, 0.6) is 0 Å². The highest BCUT2D eigenvalue weighted by molar-refractivity contribution is 9.11. The minimum atomic E-state index is -2.84. The Labute approximate surface area is 267 Å². The number of aliphatic imine (C=N–C) groups is 1. The molecule has 0 spiro atoms. The molecule has 1 aromatic heterocycles. The summed E-state index contributed by atoms with van der Waals surface area (Å²) in [4.78, 5) is 23.6. The van der Waals surface area contributed by atoms with E-state index in [0.29, 0.717) is 30.6 Å². The molecular formula is C33H44Br2F2N4O. The Morgan fingerprint density at radius 3 is 2.31 bits per heavy atom. The van der Waals surface area contributed by atoms with E-state index < -0.39 is 11.8 Å². The SMILES string of the molecule is C/C(=C\c1c(Br)ccnc1C)CN1CCC(c2ccc(C(=O)N(C)C)cc2)C(F)(F)C1.C=C(C)N=C/C=C(\C)Br.CC. The summed E-state index contributed by atoms with van der Waals surface area (Å²) in [7, 11) is 3.34. The lowest BCUT2D eigenvalue weighted by atomic mass is 9.85. The Hall–Kier alpha value is -2.49. The number of aryl methyl sites for hydroxylation is 1. The van der Waals surface area contributed by atoms with Crippen LogP contribution < -0.4 is 0 Å². The first-order valence-corrected chi connectivity index (χ1v) is 15.5. The van der Waals surface area contributed by atoms with Gasteiger partial charge in [-0.05, 0) is 75.0 Å². The second-order valence-corrected chi connectivity index (χ2v) is 12.3. The molecule has 1 atom stereocenters. The van der Waals surface area contributed by atoms with E-state index in [-0.39, 0.29) is 12.5 Å². The van der Waals surface area contributed by atoms with Crippen molar-refractivity contribution in [1.82, 2.24) is 14.8 Å². The third-order valence-electron chi connectivity index (χ3n) is 6.24. The van der Waals surface area contributed by atoms with E-state index >= 15 is 8.78 Å². The highest BCUT2D eigenvalue weighted by Crippen LogP contribution is 2.40. The summed E-state index contributed by atoms with van der Waals surface area (Å²) in [6, 6.07) is 8.49. The fourth-order valence-corrected chi connectivity index (χ4v) is 4.94. The number of benzene rings is 1. The van der Waals surface area contributed by atoms with Gasteiger partial charge in [0.15, 0.2) is 0 Å². The van der Waals surface area contributed by atoms with Crippen molar-refractivity contribution in [2.75, 3.05) is 33.7 Å². The first kappa shape index (κ1) is 37.5. The Morgan fingerprint density at radius 1 is 1.19 bits per heavy atom. The van der Waals surface area contributed by atoms with E-state index in [1.54, 1.807) is 50.8 Å². The molecule has 42 heavy (non-hydrogen) atoms. The summed E-state index contributed by atoms with van der Waals surface area (Å²) in [5, 5.41) is 0. The van der Waals surface area contributed by atoms with Gasteiger partial charge in [0.2, 0.25) is 0 Å². The van der Waals surface area contributed by atoms with Crippen molar-refractivity contribution in [3.8, 4) is 0 Å². The Balaban J connectivity index is 0.000000686. The van der Waals surface area contributed by atoms with Crippen LogP contribution in [0.4, 0.5) is 8.78 Å². The molecule has 2 aromatic rings. The average Bonchev–Trinajstić information content (AvgIpc) is 2.91. The molecule has 1 aliphatic heterocycles. The van der Waals surface area contributed by atoms with Gasteiger partial charge in [-0.2, -0.15) is 0 Å². The number of carbonyl (C=O) groups excluding carboxylic acids is 1. The number of halogens is 4. The average molecular weight is 711 g/mol. The predicted octanol–water partition coefficient (Wildman–Crippen LogP) is 9.30. The lowest BCUT2D eigenvalue weighted by Gasteiger charge is -2.38. The molecule has 3 rings (SSSR count). The number of pyridine rings is 1. The van der Waals surface area contributed by atoms with Gasteiger partial charge in [0.1, 0.15) is 0 Å². The summed E-state index contributed by atoms with van der Waals surface area (Å²) in [5.74, 6) is -3.81. The molecule has 1 saturated heterocycles. The van der Waals surface area contributed by atoms with Crippen LogP contribution in [0.15, 0.2) is 74.4 Å². The van der Waals surface area contributed by atoms with Gasteiger partial charge in [0, 0.05) is 60.0 Å². The normalized spacial score (nSPS) is 17.1. The molecule has 0 bridgehead atoms. The number of alkyl halides is 2. The summed E-state index contributed by atoms with van der Waals surface area (Å²) in [5.41, 5.74) is 4.80. The number of allylic oxidation sites excluding steroid dienone is 3. The standard InChI is InChI=1S/C24H28BrF2N3O.C7H10BrN.C2H6/c1-16(13-20-17(2)28-11-9-22(20)25)14-30-12-10-21(24(26,27)15-30)18-5-7-19(8-6-18)23(31)29(3)4;1-6(2)9-5-4-7(3)8;1-2/h5-9,11,13,21H,10,12,14-15H2,1-4H3;4-5H,1H2,2-3H3;1-2H3/b16-13+;7-4+,9-5?;. The molecule has 1 aromatic carbocycles. The molecule has 5 nitrogen and oxygen atoms in total. The summed E-state index contributed by atoms with van der Waals surface area (Å²) >= 11 is 6.80. The summed E-state index contributed by atoms with van der Waals surface area (Å²) in [6.07, 6.45) is 7.70. The molecule has 2 heterocycles. The van der Waals surface area contributed by atoms with Gasteiger partial charge in [-0.15, -0.1) is 0 Å². The Bertz CT molecular complexity index is 1250. The van der Waals surface area contributed by atoms with Crippen molar-refractivity contribution in [2.24, 2.45) is 4.99 Å². The van der Waals surface area contributed by atoms with Crippen LogP contribution in [0.1, 0.15) is 74.1 Å². The van der Waals surface area contributed by atoms with Crippen molar-refractivity contribution in [3.63, 3.8) is 0 Å². The van der Waals surface area contributed by atoms with Crippen molar-refractivity contribution >= 4 is 50.1 Å².